The van der Waals surface area contributed by atoms with Gasteiger partial charge in [0, 0.05) is 32.3 Å². The van der Waals surface area contributed by atoms with Crippen molar-refractivity contribution in [3.05, 3.63) is 41.7 Å². The Kier molecular flexibility index (Phi) is 3.53. The number of anilines is 1. The van der Waals surface area contributed by atoms with E-state index < -0.39 is 0 Å². The summed E-state index contributed by atoms with van der Waals surface area (Å²) in [6, 6.07) is 7.94. The number of hydrogen-bond acceptors (Lipinski definition) is 5. The molecule has 2 aliphatic heterocycles. The summed E-state index contributed by atoms with van der Waals surface area (Å²) in [5.41, 5.74) is 1.72. The number of fused-ring (bicyclic) bond motifs is 1. The molecule has 2 aliphatic rings. The molecule has 0 radical (unpaired) electrons. The third-order valence-corrected chi connectivity index (χ3v) is 6.00. The maximum atomic E-state index is 12.6. The summed E-state index contributed by atoms with van der Waals surface area (Å²) in [6.45, 7) is 1.99. The largest absolute Gasteiger partial charge is 0.332 e. The van der Waals surface area contributed by atoms with Gasteiger partial charge in [-0.15, -0.1) is 11.3 Å². The van der Waals surface area contributed by atoms with Gasteiger partial charge in [0.05, 0.1) is 28.1 Å². The molecule has 0 bridgehead atoms. The number of rotatable bonds is 3. The second-order valence-corrected chi connectivity index (χ2v) is 7.71. The van der Waals surface area contributed by atoms with E-state index in [4.69, 9.17) is 0 Å². The van der Waals surface area contributed by atoms with Crippen LogP contribution in [0.25, 0.3) is 10.2 Å². The molecule has 2 saturated heterocycles. The van der Waals surface area contributed by atoms with Gasteiger partial charge in [0.25, 0.3) is 5.91 Å². The highest BCUT2D eigenvalue weighted by Crippen LogP contribution is 2.29. The van der Waals surface area contributed by atoms with E-state index in [1.165, 1.54) is 11.3 Å². The summed E-state index contributed by atoms with van der Waals surface area (Å²) in [4.78, 5) is 32.5. The Morgan fingerprint density at radius 3 is 2.85 bits per heavy atom. The number of thiazole rings is 1. The number of likely N-dealkylation sites (tertiary alicyclic amines) is 1. The molecule has 132 valence electrons. The number of nitrogens with zero attached hydrogens (tertiary/aromatic N) is 5. The molecular weight excluding hydrogens is 350 g/mol. The zero-order valence-corrected chi connectivity index (χ0v) is 14.9. The molecule has 0 aliphatic carbocycles. The van der Waals surface area contributed by atoms with Crippen molar-refractivity contribution in [3.8, 4) is 0 Å². The molecule has 7 nitrogen and oxygen atoms in total. The highest BCUT2D eigenvalue weighted by Gasteiger charge is 2.35. The first kappa shape index (κ1) is 15.5. The van der Waals surface area contributed by atoms with Gasteiger partial charge in [-0.2, -0.15) is 5.10 Å². The van der Waals surface area contributed by atoms with Crippen LogP contribution in [0, 0.1) is 0 Å². The summed E-state index contributed by atoms with van der Waals surface area (Å²) in [5.74, 6) is 0.135. The number of hydrogen-bond donors (Lipinski definition) is 0. The lowest BCUT2D eigenvalue weighted by atomic mass is 10.1. The van der Waals surface area contributed by atoms with Crippen LogP contribution in [-0.4, -0.2) is 51.1 Å². The molecule has 0 N–H and O–H groups in total. The predicted molar refractivity (Wildman–Crippen MR) is 98.4 cm³/mol. The van der Waals surface area contributed by atoms with Crippen LogP contribution in [0.15, 0.2) is 36.7 Å². The van der Waals surface area contributed by atoms with E-state index >= 15 is 0 Å². The number of amides is 2. The minimum absolute atomic E-state index is 0.0236. The summed E-state index contributed by atoms with van der Waals surface area (Å²) >= 11 is 1.43. The summed E-state index contributed by atoms with van der Waals surface area (Å²) in [5, 5.41) is 4.93. The SMILES string of the molecule is O=C(c1nc2ccccc2s1)N1CC(n2cc(N3CCCC3=O)cn2)C1. The average Bonchev–Trinajstić information content (AvgIpc) is 3.31. The molecule has 8 heteroatoms. The van der Waals surface area contributed by atoms with Crippen molar-refractivity contribution in [2.75, 3.05) is 24.5 Å². The standard InChI is InChI=1S/C18H17N5O2S/c24-16-6-3-7-22(16)12-8-19-23(11-12)13-9-21(10-13)18(25)17-20-14-4-1-2-5-15(14)26-17/h1-2,4-5,8,11,13H,3,6-7,9-10H2. The molecule has 0 unspecified atom stereocenters. The van der Waals surface area contributed by atoms with Gasteiger partial charge in [0.15, 0.2) is 5.01 Å². The molecule has 2 amide bonds. The molecule has 2 aromatic heterocycles. The van der Waals surface area contributed by atoms with Gasteiger partial charge in [-0.25, -0.2) is 4.98 Å². The third-order valence-electron chi connectivity index (χ3n) is 4.97. The lowest BCUT2D eigenvalue weighted by Gasteiger charge is -2.38. The average molecular weight is 367 g/mol. The first-order valence-corrected chi connectivity index (χ1v) is 9.50. The fourth-order valence-electron chi connectivity index (χ4n) is 3.48. The van der Waals surface area contributed by atoms with Crippen molar-refractivity contribution >= 4 is 39.1 Å². The van der Waals surface area contributed by atoms with E-state index in [-0.39, 0.29) is 17.9 Å². The molecule has 5 rings (SSSR count). The van der Waals surface area contributed by atoms with Gasteiger partial charge in [0.2, 0.25) is 5.91 Å². The van der Waals surface area contributed by atoms with Gasteiger partial charge in [0.1, 0.15) is 0 Å². The summed E-state index contributed by atoms with van der Waals surface area (Å²) in [7, 11) is 0. The Hall–Kier alpha value is -2.74. The Labute approximate surface area is 153 Å². The molecule has 4 heterocycles. The number of benzene rings is 1. The van der Waals surface area contributed by atoms with Crippen molar-refractivity contribution in [1.82, 2.24) is 19.7 Å². The van der Waals surface area contributed by atoms with Crippen LogP contribution in [-0.2, 0) is 4.79 Å². The van der Waals surface area contributed by atoms with Gasteiger partial charge >= 0.3 is 0 Å². The minimum Gasteiger partial charge on any atom is -0.332 e. The van der Waals surface area contributed by atoms with Crippen molar-refractivity contribution in [2.24, 2.45) is 0 Å². The number of carbonyl (C=O) groups excluding carboxylic acids is 2. The smallest absolute Gasteiger partial charge is 0.283 e. The Morgan fingerprint density at radius 2 is 2.08 bits per heavy atom. The van der Waals surface area contributed by atoms with Crippen LogP contribution in [0.3, 0.4) is 0 Å². The number of carbonyl (C=O) groups is 2. The van der Waals surface area contributed by atoms with Crippen LogP contribution >= 0.6 is 11.3 Å². The molecular formula is C18H17N5O2S. The van der Waals surface area contributed by atoms with Crippen molar-refractivity contribution in [3.63, 3.8) is 0 Å². The van der Waals surface area contributed by atoms with Crippen LogP contribution in [0.1, 0.15) is 28.7 Å². The lowest BCUT2D eigenvalue weighted by molar-refractivity contribution is -0.117. The zero-order chi connectivity index (χ0) is 17.7. The Bertz CT molecular complexity index is 971. The van der Waals surface area contributed by atoms with Crippen molar-refractivity contribution in [1.29, 1.82) is 0 Å². The fraction of sp³-hybridized carbons (Fsp3) is 0.333. The quantitative estimate of drug-likeness (QED) is 0.712. The van der Waals surface area contributed by atoms with Crippen LogP contribution < -0.4 is 4.90 Å². The van der Waals surface area contributed by atoms with Crippen molar-refractivity contribution in [2.45, 2.75) is 18.9 Å². The Morgan fingerprint density at radius 1 is 1.23 bits per heavy atom. The summed E-state index contributed by atoms with van der Waals surface area (Å²) < 4.78 is 2.89. The minimum atomic E-state index is -0.0236. The molecule has 1 aromatic carbocycles. The first-order valence-electron chi connectivity index (χ1n) is 8.68. The van der Waals surface area contributed by atoms with Gasteiger partial charge in [-0.05, 0) is 18.6 Å². The molecule has 0 spiro atoms. The maximum Gasteiger partial charge on any atom is 0.283 e. The molecule has 3 aromatic rings. The Balaban J connectivity index is 1.26. The van der Waals surface area contributed by atoms with E-state index in [0.717, 1.165) is 28.9 Å². The molecule has 0 saturated carbocycles. The van der Waals surface area contributed by atoms with Gasteiger partial charge in [-0.3, -0.25) is 14.3 Å². The monoisotopic (exact) mass is 367 g/mol. The topological polar surface area (TPSA) is 71.3 Å². The van der Waals surface area contributed by atoms with E-state index in [9.17, 15) is 9.59 Å². The van der Waals surface area contributed by atoms with Crippen molar-refractivity contribution < 1.29 is 9.59 Å². The van der Waals surface area contributed by atoms with E-state index in [0.29, 0.717) is 24.5 Å². The lowest BCUT2D eigenvalue weighted by Crippen LogP contribution is -2.50. The van der Waals surface area contributed by atoms with Gasteiger partial charge < -0.3 is 9.80 Å². The highest BCUT2D eigenvalue weighted by molar-refractivity contribution is 7.20. The third kappa shape index (κ3) is 2.48. The van der Waals surface area contributed by atoms with Crippen LogP contribution in [0.4, 0.5) is 5.69 Å². The summed E-state index contributed by atoms with van der Waals surface area (Å²) in [6.07, 6.45) is 5.16. The van der Waals surface area contributed by atoms with E-state index in [1.54, 1.807) is 16.0 Å². The number of aromatic nitrogens is 3. The molecule has 0 atom stereocenters. The predicted octanol–water partition coefficient (Wildman–Crippen LogP) is 2.32. The van der Waals surface area contributed by atoms with Crippen LogP contribution in [0.5, 0.6) is 0 Å². The van der Waals surface area contributed by atoms with Crippen LogP contribution in [0.2, 0.25) is 0 Å². The van der Waals surface area contributed by atoms with Gasteiger partial charge in [-0.1, -0.05) is 12.1 Å². The zero-order valence-electron chi connectivity index (χ0n) is 14.0. The molecule has 26 heavy (non-hydrogen) atoms. The molecule has 2 fully saturated rings. The van der Waals surface area contributed by atoms with E-state index in [2.05, 4.69) is 10.1 Å². The second-order valence-electron chi connectivity index (χ2n) is 6.68. The number of para-hydroxylation sites is 1. The van der Waals surface area contributed by atoms with E-state index in [1.807, 2.05) is 35.1 Å². The second kappa shape index (κ2) is 5.91. The maximum absolute atomic E-state index is 12.6. The first-order chi connectivity index (χ1) is 12.7. The normalized spacial score (nSPS) is 17.9. The fourth-order valence-corrected chi connectivity index (χ4v) is 4.41. The highest BCUT2D eigenvalue weighted by atomic mass is 32.1.